The molecule has 0 atom stereocenters. The van der Waals surface area contributed by atoms with E-state index >= 15 is 0 Å². The van der Waals surface area contributed by atoms with Gasteiger partial charge >= 0.3 is 6.03 Å². The fourth-order valence-corrected chi connectivity index (χ4v) is 3.98. The summed E-state index contributed by atoms with van der Waals surface area (Å²) in [5.74, 6) is -0.00342. The van der Waals surface area contributed by atoms with Crippen molar-refractivity contribution in [3.05, 3.63) is 34.9 Å². The minimum Gasteiger partial charge on any atom is -0.349 e. The van der Waals surface area contributed by atoms with Gasteiger partial charge in [0.25, 0.3) is 5.91 Å². The van der Waals surface area contributed by atoms with E-state index in [1.165, 1.54) is 19.3 Å². The predicted octanol–water partition coefficient (Wildman–Crippen LogP) is 3.54. The van der Waals surface area contributed by atoms with E-state index in [2.05, 4.69) is 10.6 Å². The fraction of sp³-hybridized carbons (Fsp3) is 0.619. The number of nitrogens with zero attached hydrogens (tertiary/aromatic N) is 1. The summed E-state index contributed by atoms with van der Waals surface area (Å²) in [6, 6.07) is 6.50. The lowest BCUT2D eigenvalue weighted by molar-refractivity contribution is 0.0916. The Labute approximate surface area is 156 Å². The monoisotopic (exact) mass is 357 g/mol. The highest BCUT2D eigenvalue weighted by Crippen LogP contribution is 2.19. The maximum absolute atomic E-state index is 12.6. The van der Waals surface area contributed by atoms with Gasteiger partial charge in [-0.3, -0.25) is 4.79 Å². The van der Waals surface area contributed by atoms with Crippen LogP contribution in [-0.4, -0.2) is 42.0 Å². The molecule has 142 valence electrons. The largest absolute Gasteiger partial charge is 0.349 e. The first kappa shape index (κ1) is 18.7. The summed E-state index contributed by atoms with van der Waals surface area (Å²) in [7, 11) is 0. The Hall–Kier alpha value is -2.04. The van der Waals surface area contributed by atoms with Crippen LogP contribution in [0.25, 0.3) is 0 Å². The van der Waals surface area contributed by atoms with Gasteiger partial charge < -0.3 is 15.5 Å². The van der Waals surface area contributed by atoms with E-state index in [0.717, 1.165) is 42.4 Å². The van der Waals surface area contributed by atoms with Crippen molar-refractivity contribution >= 4 is 11.9 Å². The molecule has 2 N–H and O–H groups in total. The van der Waals surface area contributed by atoms with Gasteiger partial charge in [-0.2, -0.15) is 0 Å². The molecule has 0 bridgehead atoms. The minimum atomic E-state index is -0.00342. The first-order valence-electron chi connectivity index (χ1n) is 9.96. The molecule has 1 aliphatic carbocycles. The summed E-state index contributed by atoms with van der Waals surface area (Å²) in [5.41, 5.74) is 2.84. The third-order valence-electron chi connectivity index (χ3n) is 5.69. The van der Waals surface area contributed by atoms with E-state index in [0.29, 0.717) is 19.1 Å². The quantitative estimate of drug-likeness (QED) is 0.869. The zero-order valence-electron chi connectivity index (χ0n) is 16.0. The summed E-state index contributed by atoms with van der Waals surface area (Å²) >= 11 is 0. The van der Waals surface area contributed by atoms with Crippen molar-refractivity contribution in [1.29, 1.82) is 0 Å². The van der Waals surface area contributed by atoms with Gasteiger partial charge in [0.2, 0.25) is 0 Å². The van der Waals surface area contributed by atoms with Crippen LogP contribution >= 0.6 is 0 Å². The van der Waals surface area contributed by atoms with Gasteiger partial charge in [-0.15, -0.1) is 0 Å². The molecule has 0 aromatic heterocycles. The van der Waals surface area contributed by atoms with Gasteiger partial charge in [0.1, 0.15) is 0 Å². The van der Waals surface area contributed by atoms with Gasteiger partial charge in [-0.05, 0) is 51.2 Å². The summed E-state index contributed by atoms with van der Waals surface area (Å²) in [4.78, 5) is 26.9. The molecule has 26 heavy (non-hydrogen) atoms. The number of piperidine rings is 1. The zero-order valence-corrected chi connectivity index (χ0v) is 16.0. The Morgan fingerprint density at radius 2 is 1.58 bits per heavy atom. The number of hydrogen-bond donors (Lipinski definition) is 2. The Kier molecular flexibility index (Phi) is 6.17. The molecule has 0 unspecified atom stereocenters. The SMILES string of the molecule is Cc1ccc(C)c(C(=O)NC2CCN(C(=O)NC3CCCCC3)CC2)c1. The lowest BCUT2D eigenvalue weighted by Gasteiger charge is -2.34. The summed E-state index contributed by atoms with van der Waals surface area (Å²) in [6.45, 7) is 5.37. The maximum atomic E-state index is 12.6. The van der Waals surface area contributed by atoms with Crippen LogP contribution in [0.1, 0.15) is 66.4 Å². The molecule has 1 aromatic carbocycles. The van der Waals surface area contributed by atoms with Gasteiger partial charge in [-0.25, -0.2) is 4.79 Å². The van der Waals surface area contributed by atoms with E-state index in [1.54, 1.807) is 0 Å². The third-order valence-corrected chi connectivity index (χ3v) is 5.69. The molecule has 3 amide bonds. The first-order valence-corrected chi connectivity index (χ1v) is 9.96. The Morgan fingerprint density at radius 3 is 2.27 bits per heavy atom. The smallest absolute Gasteiger partial charge is 0.317 e. The Balaban J connectivity index is 1.46. The molecule has 1 saturated carbocycles. The van der Waals surface area contributed by atoms with Crippen LogP contribution < -0.4 is 10.6 Å². The second-order valence-corrected chi connectivity index (χ2v) is 7.84. The van der Waals surface area contributed by atoms with Crippen LogP contribution in [0.15, 0.2) is 18.2 Å². The minimum absolute atomic E-state index is 0.00342. The van der Waals surface area contributed by atoms with Crippen molar-refractivity contribution in [3.63, 3.8) is 0 Å². The number of benzene rings is 1. The van der Waals surface area contributed by atoms with Gasteiger partial charge in [0.05, 0.1) is 0 Å². The molecule has 1 aromatic rings. The van der Waals surface area contributed by atoms with Crippen molar-refractivity contribution < 1.29 is 9.59 Å². The molecule has 2 fully saturated rings. The van der Waals surface area contributed by atoms with Crippen LogP contribution in [0, 0.1) is 13.8 Å². The highest BCUT2D eigenvalue weighted by Gasteiger charge is 2.26. The molecule has 0 spiro atoms. The normalized spacial score (nSPS) is 19.2. The third kappa shape index (κ3) is 4.77. The van der Waals surface area contributed by atoms with Crippen molar-refractivity contribution in [2.24, 2.45) is 0 Å². The molecule has 1 aliphatic heterocycles. The van der Waals surface area contributed by atoms with E-state index < -0.39 is 0 Å². The molecule has 5 nitrogen and oxygen atoms in total. The average molecular weight is 357 g/mol. The van der Waals surface area contributed by atoms with E-state index in [-0.39, 0.29) is 18.0 Å². The van der Waals surface area contributed by atoms with Gasteiger partial charge in [0, 0.05) is 30.7 Å². The molecule has 1 saturated heterocycles. The van der Waals surface area contributed by atoms with Crippen LogP contribution in [-0.2, 0) is 0 Å². The number of carbonyl (C=O) groups is 2. The number of rotatable bonds is 3. The highest BCUT2D eigenvalue weighted by atomic mass is 16.2. The molecule has 3 rings (SSSR count). The summed E-state index contributed by atoms with van der Waals surface area (Å²) < 4.78 is 0. The number of aryl methyl sites for hydroxylation is 2. The molecule has 0 radical (unpaired) electrons. The number of amides is 3. The number of likely N-dealkylation sites (tertiary alicyclic amines) is 1. The van der Waals surface area contributed by atoms with Crippen LogP contribution in [0.4, 0.5) is 4.79 Å². The van der Waals surface area contributed by atoms with Crippen molar-refractivity contribution in [1.82, 2.24) is 15.5 Å². The van der Waals surface area contributed by atoms with E-state index in [9.17, 15) is 9.59 Å². The summed E-state index contributed by atoms with van der Waals surface area (Å²) in [5, 5.41) is 6.33. The Bertz CT molecular complexity index is 645. The zero-order chi connectivity index (χ0) is 18.5. The van der Waals surface area contributed by atoms with Crippen LogP contribution in [0.5, 0.6) is 0 Å². The number of urea groups is 1. The van der Waals surface area contributed by atoms with Crippen LogP contribution in [0.2, 0.25) is 0 Å². The molecular formula is C21H31N3O2. The molecule has 1 heterocycles. The molecule has 2 aliphatic rings. The lowest BCUT2D eigenvalue weighted by atomic mass is 9.95. The summed E-state index contributed by atoms with van der Waals surface area (Å²) in [6.07, 6.45) is 7.57. The number of nitrogens with one attached hydrogen (secondary N) is 2. The second-order valence-electron chi connectivity index (χ2n) is 7.84. The standard InChI is InChI=1S/C21H31N3O2/c1-15-8-9-16(2)19(14-15)20(25)22-18-10-12-24(13-11-18)21(26)23-17-6-4-3-5-7-17/h8-9,14,17-18H,3-7,10-13H2,1-2H3,(H,22,25)(H,23,26). The fourth-order valence-electron chi connectivity index (χ4n) is 3.98. The van der Waals surface area contributed by atoms with E-state index in [1.807, 2.05) is 36.9 Å². The van der Waals surface area contributed by atoms with E-state index in [4.69, 9.17) is 0 Å². The number of hydrogen-bond acceptors (Lipinski definition) is 2. The number of carbonyl (C=O) groups excluding carboxylic acids is 2. The first-order chi connectivity index (χ1) is 12.5. The van der Waals surface area contributed by atoms with Gasteiger partial charge in [0.15, 0.2) is 0 Å². The highest BCUT2D eigenvalue weighted by molar-refractivity contribution is 5.96. The maximum Gasteiger partial charge on any atom is 0.317 e. The second kappa shape index (κ2) is 8.56. The average Bonchev–Trinajstić information content (AvgIpc) is 2.65. The molecular weight excluding hydrogens is 326 g/mol. The van der Waals surface area contributed by atoms with Crippen LogP contribution in [0.3, 0.4) is 0 Å². The predicted molar refractivity (Wildman–Crippen MR) is 103 cm³/mol. The van der Waals surface area contributed by atoms with Gasteiger partial charge in [-0.1, -0.05) is 37.0 Å². The molecule has 5 heteroatoms. The van der Waals surface area contributed by atoms with Crippen molar-refractivity contribution in [3.8, 4) is 0 Å². The Morgan fingerprint density at radius 1 is 0.923 bits per heavy atom. The lowest BCUT2D eigenvalue weighted by Crippen LogP contribution is -2.51. The van der Waals surface area contributed by atoms with Crippen molar-refractivity contribution in [2.45, 2.75) is 70.9 Å². The topological polar surface area (TPSA) is 61.4 Å². The van der Waals surface area contributed by atoms with Crippen molar-refractivity contribution in [2.75, 3.05) is 13.1 Å².